The summed E-state index contributed by atoms with van der Waals surface area (Å²) in [6.07, 6.45) is -0.569. The fourth-order valence-electron chi connectivity index (χ4n) is 0.368. The molecular formula is C5H4Cl6N2OS. The summed E-state index contributed by atoms with van der Waals surface area (Å²) in [7, 11) is 0. The van der Waals surface area contributed by atoms with Gasteiger partial charge in [0.1, 0.15) is 0 Å². The zero-order valence-electron chi connectivity index (χ0n) is 6.73. The normalized spacial score (nSPS) is 15.4. The van der Waals surface area contributed by atoms with Crippen LogP contribution in [0.2, 0.25) is 0 Å². The number of nitrogens with one attached hydrogen (secondary N) is 1. The molecule has 3 nitrogen and oxygen atoms in total. The number of alkyl halides is 6. The van der Waals surface area contributed by atoms with E-state index in [1.165, 1.54) is 0 Å². The van der Waals surface area contributed by atoms with Gasteiger partial charge in [0.05, 0.1) is 6.21 Å². The van der Waals surface area contributed by atoms with E-state index in [0.717, 1.165) is 6.21 Å². The lowest BCUT2D eigenvalue weighted by molar-refractivity contribution is 0.164. The molecule has 0 bridgehead atoms. The Morgan fingerprint density at radius 1 is 1.27 bits per heavy atom. The topological polar surface area (TPSA) is 44.6 Å². The summed E-state index contributed by atoms with van der Waals surface area (Å²) in [5.41, 5.74) is 0. The third-order valence-corrected chi connectivity index (χ3v) is 2.03. The van der Waals surface area contributed by atoms with Crippen molar-refractivity contribution in [3.63, 3.8) is 0 Å². The van der Waals surface area contributed by atoms with Crippen LogP contribution in [0.15, 0.2) is 4.99 Å². The summed E-state index contributed by atoms with van der Waals surface area (Å²) >= 11 is 36.8. The van der Waals surface area contributed by atoms with E-state index in [4.69, 9.17) is 69.6 Å². The van der Waals surface area contributed by atoms with Crippen molar-refractivity contribution in [3.05, 3.63) is 0 Å². The van der Waals surface area contributed by atoms with Gasteiger partial charge in [-0.25, -0.2) is 4.99 Å². The van der Waals surface area contributed by atoms with Crippen LogP contribution in [-0.4, -0.2) is 30.2 Å². The molecule has 0 aromatic heterocycles. The lowest BCUT2D eigenvalue weighted by Gasteiger charge is -2.19. The largest absolute Gasteiger partial charge is 0.369 e. The molecule has 0 aromatic carbocycles. The van der Waals surface area contributed by atoms with E-state index in [1.54, 1.807) is 0 Å². The second-order valence-electron chi connectivity index (χ2n) is 2.19. The lowest BCUT2D eigenvalue weighted by Crippen LogP contribution is -2.42. The standard InChI is InChI=1S/C5H4Cl6N2OS/c6-4(7,8)1-12-3(15)13-2(14)5(9,10)11/h1-2,14H,(H,13,15). The highest BCUT2D eigenvalue weighted by molar-refractivity contribution is 7.80. The summed E-state index contributed by atoms with van der Waals surface area (Å²) in [4.78, 5) is 3.51. The molecular weight excluding hydrogens is 349 g/mol. The number of hydrogen-bond acceptors (Lipinski definition) is 2. The molecule has 0 heterocycles. The van der Waals surface area contributed by atoms with E-state index in [9.17, 15) is 5.11 Å². The number of aliphatic hydroxyl groups is 1. The fraction of sp³-hybridized carbons (Fsp3) is 0.600. The number of hydrogen-bond donors (Lipinski definition) is 2. The highest BCUT2D eigenvalue weighted by Crippen LogP contribution is 2.29. The first-order valence-electron chi connectivity index (χ1n) is 3.19. The molecule has 0 aliphatic rings. The minimum atomic E-state index is -1.93. The highest BCUT2D eigenvalue weighted by atomic mass is 35.6. The van der Waals surface area contributed by atoms with Crippen LogP contribution < -0.4 is 5.32 Å². The van der Waals surface area contributed by atoms with Crippen molar-refractivity contribution in [2.24, 2.45) is 4.99 Å². The molecule has 15 heavy (non-hydrogen) atoms. The Labute approximate surface area is 122 Å². The summed E-state index contributed by atoms with van der Waals surface area (Å²) in [6, 6.07) is 0. The molecule has 0 rings (SSSR count). The van der Waals surface area contributed by atoms with Crippen LogP contribution in [0.5, 0.6) is 0 Å². The molecule has 0 saturated carbocycles. The van der Waals surface area contributed by atoms with Gasteiger partial charge in [0, 0.05) is 0 Å². The van der Waals surface area contributed by atoms with Crippen LogP contribution >= 0.6 is 81.8 Å². The SMILES string of the molecule is OC(NC(=S)N=CC(Cl)(Cl)Cl)C(Cl)(Cl)Cl. The average molecular weight is 353 g/mol. The first-order chi connectivity index (χ1) is 6.52. The van der Waals surface area contributed by atoms with Crippen molar-refractivity contribution in [3.8, 4) is 0 Å². The first kappa shape index (κ1) is 16.3. The number of thiocarbonyl (C=S) groups is 1. The van der Waals surface area contributed by atoms with Crippen molar-refractivity contribution in [1.82, 2.24) is 5.32 Å². The smallest absolute Gasteiger partial charge is 0.234 e. The monoisotopic (exact) mass is 350 g/mol. The number of aliphatic hydroxyl groups excluding tert-OH is 1. The van der Waals surface area contributed by atoms with Crippen molar-refractivity contribution in [2.45, 2.75) is 13.8 Å². The Hall–Kier alpha value is 1.26. The Kier molecular flexibility index (Phi) is 6.79. The van der Waals surface area contributed by atoms with E-state index < -0.39 is 13.8 Å². The molecule has 0 fully saturated rings. The fourth-order valence-corrected chi connectivity index (χ4v) is 0.842. The van der Waals surface area contributed by atoms with Crippen molar-refractivity contribution in [2.75, 3.05) is 0 Å². The molecule has 0 saturated heterocycles. The Morgan fingerprint density at radius 3 is 2.07 bits per heavy atom. The van der Waals surface area contributed by atoms with Crippen LogP contribution in [0.4, 0.5) is 0 Å². The van der Waals surface area contributed by atoms with E-state index in [0.29, 0.717) is 0 Å². The second-order valence-corrected chi connectivity index (χ2v) is 7.32. The third kappa shape index (κ3) is 9.01. The Morgan fingerprint density at radius 2 is 1.73 bits per heavy atom. The van der Waals surface area contributed by atoms with Crippen molar-refractivity contribution in [1.29, 1.82) is 0 Å². The van der Waals surface area contributed by atoms with Gasteiger partial charge in [-0.15, -0.1) is 0 Å². The zero-order chi connectivity index (χ0) is 12.3. The third-order valence-electron chi connectivity index (χ3n) is 0.898. The summed E-state index contributed by atoms with van der Waals surface area (Å²) in [6.45, 7) is 0. The van der Waals surface area contributed by atoms with Gasteiger partial charge in [0.15, 0.2) is 11.3 Å². The maximum absolute atomic E-state index is 9.22. The lowest BCUT2D eigenvalue weighted by atomic mass is 10.6. The number of halogens is 6. The summed E-state index contributed by atoms with van der Waals surface area (Å²) < 4.78 is -3.61. The van der Waals surface area contributed by atoms with Gasteiger partial charge in [-0.2, -0.15) is 0 Å². The molecule has 0 aliphatic carbocycles. The predicted octanol–water partition coefficient (Wildman–Crippen LogP) is 2.99. The van der Waals surface area contributed by atoms with Gasteiger partial charge in [0.2, 0.25) is 7.59 Å². The van der Waals surface area contributed by atoms with E-state index in [2.05, 4.69) is 22.5 Å². The highest BCUT2D eigenvalue weighted by Gasteiger charge is 2.31. The molecule has 88 valence electrons. The first-order valence-corrected chi connectivity index (χ1v) is 5.87. The molecule has 10 heteroatoms. The van der Waals surface area contributed by atoms with Crippen molar-refractivity contribution < 1.29 is 5.11 Å². The van der Waals surface area contributed by atoms with Gasteiger partial charge in [-0.05, 0) is 12.2 Å². The molecule has 0 spiro atoms. The van der Waals surface area contributed by atoms with Crippen LogP contribution in [0, 0.1) is 0 Å². The van der Waals surface area contributed by atoms with E-state index in [-0.39, 0.29) is 5.11 Å². The molecule has 0 radical (unpaired) electrons. The summed E-state index contributed by atoms with van der Waals surface area (Å²) in [5.74, 6) is 0. The van der Waals surface area contributed by atoms with Gasteiger partial charge in [-0.1, -0.05) is 69.6 Å². The minimum Gasteiger partial charge on any atom is -0.369 e. The zero-order valence-corrected chi connectivity index (χ0v) is 12.1. The van der Waals surface area contributed by atoms with Crippen LogP contribution in [0.1, 0.15) is 0 Å². The van der Waals surface area contributed by atoms with E-state index in [1.807, 2.05) is 0 Å². The maximum Gasteiger partial charge on any atom is 0.234 e. The van der Waals surface area contributed by atoms with Gasteiger partial charge < -0.3 is 10.4 Å². The van der Waals surface area contributed by atoms with Crippen LogP contribution in [0.25, 0.3) is 0 Å². The quantitative estimate of drug-likeness (QED) is 0.330. The van der Waals surface area contributed by atoms with Gasteiger partial charge >= 0.3 is 0 Å². The molecule has 1 unspecified atom stereocenters. The maximum atomic E-state index is 9.22. The molecule has 2 N–H and O–H groups in total. The predicted molar refractivity (Wildman–Crippen MR) is 70.8 cm³/mol. The Bertz CT molecular complexity index is 259. The number of aliphatic imine (C=N–C) groups is 1. The van der Waals surface area contributed by atoms with Crippen LogP contribution in [0.3, 0.4) is 0 Å². The average Bonchev–Trinajstić information content (AvgIpc) is 1.97. The second kappa shape index (κ2) is 6.26. The van der Waals surface area contributed by atoms with Gasteiger partial charge in [-0.3, -0.25) is 0 Å². The molecule has 1 atom stereocenters. The molecule has 0 aromatic rings. The summed E-state index contributed by atoms with van der Waals surface area (Å²) in [5, 5.41) is 11.2. The minimum absolute atomic E-state index is 0.180. The molecule has 0 amide bonds. The number of rotatable bonds is 1. The molecule has 0 aliphatic heterocycles. The van der Waals surface area contributed by atoms with Crippen molar-refractivity contribution >= 4 is 93.2 Å². The van der Waals surface area contributed by atoms with Crippen LogP contribution in [-0.2, 0) is 0 Å². The van der Waals surface area contributed by atoms with Gasteiger partial charge in [0.25, 0.3) is 0 Å². The van der Waals surface area contributed by atoms with E-state index >= 15 is 0 Å². The Balaban J connectivity index is 4.23. The number of nitrogens with zero attached hydrogens (tertiary/aromatic N) is 1.